The highest BCUT2D eigenvalue weighted by molar-refractivity contribution is 7.88. The van der Waals surface area contributed by atoms with E-state index in [-0.39, 0.29) is 5.54 Å². The maximum atomic E-state index is 10.7. The number of rotatable bonds is 5. The molecule has 4 N–H and O–H groups in total. The average Bonchev–Trinajstić information content (AvgIpc) is 1.97. The van der Waals surface area contributed by atoms with Crippen LogP contribution in [-0.4, -0.2) is 39.3 Å². The maximum Gasteiger partial charge on any atom is 0.208 e. The summed E-state index contributed by atoms with van der Waals surface area (Å²) in [5.74, 6) is 0.381. The van der Waals surface area contributed by atoms with Gasteiger partial charge in [0.25, 0.3) is 0 Å². The first-order chi connectivity index (χ1) is 7.10. The summed E-state index contributed by atoms with van der Waals surface area (Å²) >= 11 is 0. The van der Waals surface area contributed by atoms with E-state index in [9.17, 15) is 8.42 Å². The van der Waals surface area contributed by atoms with Gasteiger partial charge in [0.15, 0.2) is 5.96 Å². The molecule has 0 rings (SSSR count). The minimum absolute atomic E-state index is 0.113. The smallest absolute Gasteiger partial charge is 0.208 e. The first-order valence-electron chi connectivity index (χ1n) is 5.13. The summed E-state index contributed by atoms with van der Waals surface area (Å²) < 4.78 is 23.8. The number of nitrogens with zero attached hydrogens (tertiary/aromatic N) is 1. The molecule has 0 aromatic carbocycles. The van der Waals surface area contributed by atoms with E-state index in [1.165, 1.54) is 0 Å². The second-order valence-electron chi connectivity index (χ2n) is 4.66. The molecule has 7 heteroatoms. The number of guanidine groups is 1. The zero-order valence-electron chi connectivity index (χ0n) is 10.4. The molecule has 0 aromatic rings. The van der Waals surface area contributed by atoms with E-state index in [4.69, 9.17) is 5.73 Å². The summed E-state index contributed by atoms with van der Waals surface area (Å²) in [4.78, 5) is 4.08. The minimum Gasteiger partial charge on any atom is -0.370 e. The number of hydrogen-bond acceptors (Lipinski definition) is 3. The molecule has 0 radical (unpaired) electrons. The molecule has 0 saturated carbocycles. The van der Waals surface area contributed by atoms with Crippen molar-refractivity contribution in [1.82, 2.24) is 10.0 Å². The molecule has 6 nitrogen and oxygen atoms in total. The Morgan fingerprint density at radius 2 is 1.94 bits per heavy atom. The zero-order valence-corrected chi connectivity index (χ0v) is 11.2. The molecule has 0 bridgehead atoms. The maximum absolute atomic E-state index is 10.7. The third-order valence-electron chi connectivity index (χ3n) is 1.48. The molecule has 0 heterocycles. The van der Waals surface area contributed by atoms with Crippen LogP contribution >= 0.6 is 0 Å². The number of nitrogens with one attached hydrogen (secondary N) is 2. The Morgan fingerprint density at radius 3 is 2.38 bits per heavy atom. The van der Waals surface area contributed by atoms with Crippen LogP contribution in [0.5, 0.6) is 0 Å². The highest BCUT2D eigenvalue weighted by Gasteiger charge is 2.09. The Labute approximate surface area is 97.8 Å². The fourth-order valence-electron chi connectivity index (χ4n) is 0.960. The fourth-order valence-corrected chi connectivity index (χ4v) is 1.47. The van der Waals surface area contributed by atoms with Crippen LogP contribution in [0.15, 0.2) is 4.99 Å². The summed E-state index contributed by atoms with van der Waals surface area (Å²) in [5, 5.41) is 3.02. The predicted octanol–water partition coefficient (Wildman–Crippen LogP) is -0.371. The second kappa shape index (κ2) is 6.05. The summed E-state index contributed by atoms with van der Waals surface area (Å²) in [5.41, 5.74) is 5.52. The third-order valence-corrected chi connectivity index (χ3v) is 2.21. The van der Waals surface area contributed by atoms with Crippen LogP contribution in [-0.2, 0) is 10.0 Å². The minimum atomic E-state index is -3.10. The highest BCUT2D eigenvalue weighted by Crippen LogP contribution is 1.96. The van der Waals surface area contributed by atoms with Crippen LogP contribution in [0, 0.1) is 0 Å². The van der Waals surface area contributed by atoms with E-state index in [1.54, 1.807) is 0 Å². The first kappa shape index (κ1) is 15.2. The Balaban J connectivity index is 3.76. The quantitative estimate of drug-likeness (QED) is 0.352. The van der Waals surface area contributed by atoms with Crippen LogP contribution in [0.3, 0.4) is 0 Å². The van der Waals surface area contributed by atoms with Crippen molar-refractivity contribution in [1.29, 1.82) is 0 Å². The number of nitrogens with two attached hydrogens (primary N) is 1. The normalized spacial score (nSPS) is 13.9. The van der Waals surface area contributed by atoms with Gasteiger partial charge in [0.2, 0.25) is 10.0 Å². The lowest BCUT2D eigenvalue weighted by Crippen LogP contribution is -2.45. The molecule has 96 valence electrons. The first-order valence-corrected chi connectivity index (χ1v) is 7.02. The topological polar surface area (TPSA) is 96.6 Å². The number of sulfonamides is 1. The molecule has 0 atom stereocenters. The molecule has 0 amide bonds. The standard InChI is InChI=1S/C9H22N4O2S/c1-9(2,3)13-8(10)11-6-5-7-12-16(4,14)15/h12H,5-7H2,1-4H3,(H3,10,11,13). The molecular weight excluding hydrogens is 228 g/mol. The Kier molecular flexibility index (Phi) is 5.74. The van der Waals surface area contributed by atoms with Crippen molar-refractivity contribution in [3.05, 3.63) is 0 Å². The van der Waals surface area contributed by atoms with Crippen molar-refractivity contribution in [3.8, 4) is 0 Å². The van der Waals surface area contributed by atoms with E-state index >= 15 is 0 Å². The van der Waals surface area contributed by atoms with Crippen LogP contribution in [0.25, 0.3) is 0 Å². The third kappa shape index (κ3) is 11.3. The lowest BCUT2D eigenvalue weighted by Gasteiger charge is -2.20. The van der Waals surface area contributed by atoms with E-state index in [0.29, 0.717) is 25.5 Å². The van der Waals surface area contributed by atoms with Crippen molar-refractivity contribution in [2.75, 3.05) is 19.3 Å². The summed E-state index contributed by atoms with van der Waals surface area (Å²) in [6.07, 6.45) is 1.76. The molecule has 0 aromatic heterocycles. The molecular formula is C9H22N4O2S. The number of aliphatic imine (C=N–C) groups is 1. The van der Waals surface area contributed by atoms with E-state index in [1.807, 2.05) is 20.8 Å². The molecule has 0 aliphatic heterocycles. The van der Waals surface area contributed by atoms with Crippen molar-refractivity contribution >= 4 is 16.0 Å². The van der Waals surface area contributed by atoms with E-state index in [0.717, 1.165) is 6.26 Å². The fraction of sp³-hybridized carbons (Fsp3) is 0.889. The van der Waals surface area contributed by atoms with Gasteiger partial charge in [-0.05, 0) is 27.2 Å². The van der Waals surface area contributed by atoms with Crippen molar-refractivity contribution in [2.24, 2.45) is 10.7 Å². The van der Waals surface area contributed by atoms with Crippen molar-refractivity contribution < 1.29 is 8.42 Å². The lowest BCUT2D eigenvalue weighted by molar-refractivity contribution is 0.508. The Bertz CT molecular complexity index is 330. The van der Waals surface area contributed by atoms with Gasteiger partial charge in [-0.1, -0.05) is 0 Å². The van der Waals surface area contributed by atoms with Gasteiger partial charge < -0.3 is 11.1 Å². The Hall–Kier alpha value is -0.820. The van der Waals surface area contributed by atoms with Gasteiger partial charge in [0, 0.05) is 18.6 Å². The van der Waals surface area contributed by atoms with Gasteiger partial charge in [-0.2, -0.15) is 0 Å². The lowest BCUT2D eigenvalue weighted by atomic mass is 10.1. The van der Waals surface area contributed by atoms with E-state index in [2.05, 4.69) is 15.0 Å². The van der Waals surface area contributed by atoms with Gasteiger partial charge in [-0.3, -0.25) is 4.99 Å². The second-order valence-corrected chi connectivity index (χ2v) is 6.50. The molecule has 0 aliphatic carbocycles. The predicted molar refractivity (Wildman–Crippen MR) is 66.8 cm³/mol. The molecule has 0 spiro atoms. The molecule has 0 unspecified atom stereocenters. The monoisotopic (exact) mass is 250 g/mol. The van der Waals surface area contributed by atoms with E-state index < -0.39 is 10.0 Å². The van der Waals surface area contributed by atoms with Crippen molar-refractivity contribution in [2.45, 2.75) is 32.7 Å². The van der Waals surface area contributed by atoms with Crippen LogP contribution in [0.2, 0.25) is 0 Å². The summed E-state index contributed by atoms with van der Waals surface area (Å²) in [7, 11) is -3.10. The largest absolute Gasteiger partial charge is 0.370 e. The molecule has 0 aliphatic rings. The van der Waals surface area contributed by atoms with Crippen LogP contribution < -0.4 is 15.8 Å². The van der Waals surface area contributed by atoms with Gasteiger partial charge in [0.05, 0.1) is 6.26 Å². The molecule has 0 saturated heterocycles. The van der Waals surface area contributed by atoms with Crippen LogP contribution in [0.4, 0.5) is 0 Å². The number of hydrogen-bond donors (Lipinski definition) is 3. The SMILES string of the molecule is CC(C)(C)NC(N)=NCCCNS(C)(=O)=O. The Morgan fingerprint density at radius 1 is 1.38 bits per heavy atom. The van der Waals surface area contributed by atoms with Crippen LogP contribution in [0.1, 0.15) is 27.2 Å². The zero-order chi connectivity index (χ0) is 12.8. The summed E-state index contributed by atoms with van der Waals surface area (Å²) in [6.45, 7) is 6.84. The van der Waals surface area contributed by atoms with Gasteiger partial charge in [-0.15, -0.1) is 0 Å². The summed E-state index contributed by atoms with van der Waals surface area (Å²) in [6, 6.07) is 0. The van der Waals surface area contributed by atoms with Crippen molar-refractivity contribution in [3.63, 3.8) is 0 Å². The molecule has 16 heavy (non-hydrogen) atoms. The molecule has 0 fully saturated rings. The average molecular weight is 250 g/mol. The van der Waals surface area contributed by atoms with Gasteiger partial charge in [0.1, 0.15) is 0 Å². The van der Waals surface area contributed by atoms with Gasteiger partial charge in [-0.25, -0.2) is 13.1 Å². The van der Waals surface area contributed by atoms with Gasteiger partial charge >= 0.3 is 0 Å². The highest BCUT2D eigenvalue weighted by atomic mass is 32.2.